The van der Waals surface area contributed by atoms with E-state index in [1.165, 1.54) is 34.8 Å². The van der Waals surface area contributed by atoms with E-state index >= 15 is 0 Å². The number of rotatable bonds is 5. The summed E-state index contributed by atoms with van der Waals surface area (Å²) < 4.78 is 42.2. The number of likely N-dealkylation sites (tertiary alicyclic amines) is 1. The number of carbonyl (C=O) groups excluding carboxylic acids is 2. The van der Waals surface area contributed by atoms with Gasteiger partial charge in [0.05, 0.1) is 23.6 Å². The van der Waals surface area contributed by atoms with Crippen LogP contribution < -0.4 is 9.80 Å². The lowest BCUT2D eigenvalue weighted by molar-refractivity contribution is -0.137. The molecule has 8 nitrogen and oxygen atoms in total. The number of halogens is 3. The monoisotopic (exact) mass is 532 g/mol. The van der Waals surface area contributed by atoms with Crippen LogP contribution in [0, 0.1) is 11.8 Å². The summed E-state index contributed by atoms with van der Waals surface area (Å²) in [5, 5.41) is 4.15. The van der Waals surface area contributed by atoms with E-state index in [1.54, 1.807) is 13.2 Å². The first-order valence-electron chi connectivity index (χ1n) is 13.2. The second-order valence-corrected chi connectivity index (χ2v) is 11.0. The molecule has 206 valence electrons. The molecule has 0 N–H and O–H groups in total. The molecule has 1 aromatic carbocycles. The van der Waals surface area contributed by atoms with Crippen molar-refractivity contribution in [2.45, 2.75) is 51.4 Å². The first-order valence-corrected chi connectivity index (χ1v) is 13.2. The number of anilines is 2. The molecule has 3 aliphatic rings. The third-order valence-corrected chi connectivity index (χ3v) is 8.45. The van der Waals surface area contributed by atoms with Gasteiger partial charge in [0.15, 0.2) is 0 Å². The number of hydrogen-bond acceptors (Lipinski definition) is 5. The van der Waals surface area contributed by atoms with E-state index in [0.717, 1.165) is 38.8 Å². The van der Waals surface area contributed by atoms with Gasteiger partial charge >= 0.3 is 12.2 Å². The molecule has 1 saturated carbocycles. The van der Waals surface area contributed by atoms with Gasteiger partial charge in [0.2, 0.25) is 5.91 Å². The van der Waals surface area contributed by atoms with Gasteiger partial charge in [0, 0.05) is 58.4 Å². The van der Waals surface area contributed by atoms with Crippen molar-refractivity contribution in [1.29, 1.82) is 0 Å². The highest BCUT2D eigenvalue weighted by atomic mass is 19.4. The number of aromatic nitrogens is 2. The zero-order valence-electron chi connectivity index (χ0n) is 22.1. The lowest BCUT2D eigenvalue weighted by Gasteiger charge is -2.28. The van der Waals surface area contributed by atoms with Crippen LogP contribution in [0.1, 0.15) is 43.7 Å². The van der Waals surface area contributed by atoms with Gasteiger partial charge in [-0.25, -0.2) is 4.79 Å². The predicted octanol–water partition coefficient (Wildman–Crippen LogP) is 4.30. The van der Waals surface area contributed by atoms with Gasteiger partial charge in [-0.2, -0.15) is 23.0 Å². The normalized spacial score (nSPS) is 23.4. The van der Waals surface area contributed by atoms with Crippen LogP contribution >= 0.6 is 0 Å². The molecule has 2 aliphatic heterocycles. The molecule has 0 bridgehead atoms. The third-order valence-electron chi connectivity index (χ3n) is 8.45. The van der Waals surface area contributed by atoms with Gasteiger partial charge in [-0.1, -0.05) is 0 Å². The quantitative estimate of drug-likeness (QED) is 0.575. The Bertz CT molecular complexity index is 1180. The molecular weight excluding hydrogens is 497 g/mol. The number of carbonyl (C=O) groups is 2. The maximum atomic E-state index is 13.6. The molecule has 2 saturated heterocycles. The molecule has 3 fully saturated rings. The zero-order chi connectivity index (χ0) is 27.2. The van der Waals surface area contributed by atoms with Crippen LogP contribution in [0.4, 0.5) is 29.3 Å². The Hall–Kier alpha value is -3.08. The van der Waals surface area contributed by atoms with Crippen molar-refractivity contribution in [3.05, 3.63) is 41.7 Å². The lowest BCUT2D eigenvalue weighted by Crippen LogP contribution is -2.36. The maximum Gasteiger partial charge on any atom is 0.416 e. The fourth-order valence-electron chi connectivity index (χ4n) is 6.21. The van der Waals surface area contributed by atoms with Crippen LogP contribution in [-0.2, 0) is 17.5 Å². The summed E-state index contributed by atoms with van der Waals surface area (Å²) in [6.07, 6.45) is 2.52. The van der Waals surface area contributed by atoms with E-state index in [4.69, 9.17) is 0 Å². The Kier molecular flexibility index (Phi) is 7.15. The summed E-state index contributed by atoms with van der Waals surface area (Å²) in [5.41, 5.74) is 1.32. The minimum atomic E-state index is -4.37. The summed E-state index contributed by atoms with van der Waals surface area (Å²) in [5.74, 6) is 0.561. The van der Waals surface area contributed by atoms with Crippen LogP contribution in [-0.4, -0.2) is 77.8 Å². The molecule has 0 spiro atoms. The lowest BCUT2D eigenvalue weighted by atomic mass is 10.0. The van der Waals surface area contributed by atoms with Crippen molar-refractivity contribution < 1.29 is 22.8 Å². The van der Waals surface area contributed by atoms with E-state index in [-0.39, 0.29) is 18.0 Å². The topological polar surface area (TPSA) is 64.9 Å². The van der Waals surface area contributed by atoms with E-state index < -0.39 is 11.7 Å². The third kappa shape index (κ3) is 5.39. The molecule has 38 heavy (non-hydrogen) atoms. The number of alkyl halides is 3. The molecule has 1 aliphatic carbocycles. The number of amides is 2. The van der Waals surface area contributed by atoms with E-state index in [1.807, 2.05) is 22.9 Å². The molecule has 2 aromatic rings. The maximum absolute atomic E-state index is 13.6. The summed E-state index contributed by atoms with van der Waals surface area (Å²) in [6.45, 7) is 4.77. The average Bonchev–Trinajstić information content (AvgIpc) is 3.66. The highest BCUT2D eigenvalue weighted by Crippen LogP contribution is 2.41. The van der Waals surface area contributed by atoms with Crippen LogP contribution in [0.5, 0.6) is 0 Å². The molecule has 1 aromatic heterocycles. The Morgan fingerprint density at radius 1 is 1.05 bits per heavy atom. The highest BCUT2D eigenvalue weighted by molar-refractivity contribution is 5.91. The number of hydrogen-bond donors (Lipinski definition) is 0. The first-order chi connectivity index (χ1) is 18.0. The molecule has 3 atom stereocenters. The second-order valence-electron chi connectivity index (χ2n) is 11.0. The van der Waals surface area contributed by atoms with Crippen molar-refractivity contribution in [1.82, 2.24) is 19.6 Å². The fourth-order valence-corrected chi connectivity index (χ4v) is 6.21. The molecule has 2 amide bonds. The largest absolute Gasteiger partial charge is 0.416 e. The highest BCUT2D eigenvalue weighted by Gasteiger charge is 2.44. The van der Waals surface area contributed by atoms with E-state index in [2.05, 4.69) is 10.00 Å². The minimum absolute atomic E-state index is 0.139. The summed E-state index contributed by atoms with van der Waals surface area (Å²) in [7, 11) is 3.62. The summed E-state index contributed by atoms with van der Waals surface area (Å²) in [6, 6.07) is 4.53. The molecular formula is C27H35F3N6O2. The van der Waals surface area contributed by atoms with Gasteiger partial charge in [-0.15, -0.1) is 0 Å². The Labute approximate surface area is 221 Å². The van der Waals surface area contributed by atoms with Crippen molar-refractivity contribution >= 4 is 23.3 Å². The predicted molar refractivity (Wildman–Crippen MR) is 138 cm³/mol. The van der Waals surface area contributed by atoms with Gasteiger partial charge in [0.1, 0.15) is 0 Å². The fraction of sp³-hybridized carbons (Fsp3) is 0.593. The summed E-state index contributed by atoms with van der Waals surface area (Å²) in [4.78, 5) is 32.1. The number of benzene rings is 1. The second kappa shape index (κ2) is 10.2. The van der Waals surface area contributed by atoms with E-state index in [9.17, 15) is 22.8 Å². The first kappa shape index (κ1) is 26.5. The Morgan fingerprint density at radius 2 is 1.71 bits per heavy atom. The molecule has 5 rings (SSSR count). The number of fused-ring (bicyclic) bond motifs is 1. The smallest absolute Gasteiger partial charge is 0.372 e. The molecule has 0 unspecified atom stereocenters. The summed E-state index contributed by atoms with van der Waals surface area (Å²) >= 11 is 0. The molecule has 3 heterocycles. The van der Waals surface area contributed by atoms with Crippen molar-refractivity contribution in [2.75, 3.05) is 50.1 Å². The van der Waals surface area contributed by atoms with Gasteiger partial charge in [0.25, 0.3) is 0 Å². The SMILES string of the molecule is CC(=O)N(C)c1cnn(C(=O)N2C[C@H]3C[C@@H](N(C)Cc4cc(N5CCCC5)cc(C(F)(F)F)c4)C[C@H]3C2)c1. The molecule has 11 heteroatoms. The Balaban J connectivity index is 1.21. The van der Waals surface area contributed by atoms with Crippen molar-refractivity contribution in [3.8, 4) is 0 Å². The average molecular weight is 533 g/mol. The van der Waals surface area contributed by atoms with E-state index in [0.29, 0.717) is 48.4 Å². The van der Waals surface area contributed by atoms with Crippen LogP contribution in [0.15, 0.2) is 30.6 Å². The van der Waals surface area contributed by atoms with Gasteiger partial charge in [-0.3, -0.25) is 9.69 Å². The zero-order valence-corrected chi connectivity index (χ0v) is 22.1. The number of nitrogens with zero attached hydrogens (tertiary/aromatic N) is 6. The van der Waals surface area contributed by atoms with Crippen molar-refractivity contribution in [3.63, 3.8) is 0 Å². The minimum Gasteiger partial charge on any atom is -0.372 e. The van der Waals surface area contributed by atoms with Gasteiger partial charge < -0.3 is 14.7 Å². The van der Waals surface area contributed by atoms with Crippen LogP contribution in [0.2, 0.25) is 0 Å². The van der Waals surface area contributed by atoms with Crippen LogP contribution in [0.25, 0.3) is 0 Å². The van der Waals surface area contributed by atoms with Crippen LogP contribution in [0.3, 0.4) is 0 Å². The van der Waals surface area contributed by atoms with Crippen molar-refractivity contribution in [2.24, 2.45) is 11.8 Å². The molecule has 0 radical (unpaired) electrons. The van der Waals surface area contributed by atoms with Gasteiger partial charge in [-0.05, 0) is 68.3 Å². The standard InChI is InChI=1S/C27H35F3N6O2/c1-18(37)33(3)25-13-31-36(17-25)26(38)35-15-20-10-23(11-21(20)16-35)32(2)14-19-8-22(27(28,29)30)12-24(9-19)34-6-4-5-7-34/h8-9,12-13,17,20-21,23H,4-7,10-11,14-16H2,1-3H3/t20-,21+,23-. The Morgan fingerprint density at radius 3 is 2.32 bits per heavy atom.